The molecule has 2 rings (SSSR count). The van der Waals surface area contributed by atoms with Crippen LogP contribution in [0.4, 0.5) is 4.39 Å². The lowest BCUT2D eigenvalue weighted by molar-refractivity contribution is 0.0458. The summed E-state index contributed by atoms with van der Waals surface area (Å²) < 4.78 is 22.7. The summed E-state index contributed by atoms with van der Waals surface area (Å²) in [5, 5.41) is 0. The van der Waals surface area contributed by atoms with Crippen LogP contribution in [0.15, 0.2) is 24.1 Å². The molecule has 1 fully saturated rings. The predicted molar refractivity (Wildman–Crippen MR) is 32.9 cm³/mol. The van der Waals surface area contributed by atoms with Gasteiger partial charge in [-0.15, -0.1) is 0 Å². The van der Waals surface area contributed by atoms with Gasteiger partial charge in [0.1, 0.15) is 24.8 Å². The van der Waals surface area contributed by atoms with E-state index in [4.69, 9.17) is 9.47 Å². The van der Waals surface area contributed by atoms with E-state index in [0.717, 1.165) is 0 Å². The van der Waals surface area contributed by atoms with Gasteiger partial charge in [-0.05, 0) is 6.08 Å². The van der Waals surface area contributed by atoms with E-state index in [-0.39, 0.29) is 18.7 Å². The Morgan fingerprint density at radius 3 is 3.20 bits per heavy atom. The van der Waals surface area contributed by atoms with Crippen LogP contribution < -0.4 is 0 Å². The molecule has 1 saturated heterocycles. The summed E-state index contributed by atoms with van der Waals surface area (Å²) in [7, 11) is 0. The van der Waals surface area contributed by atoms with Crippen molar-refractivity contribution in [1.82, 2.24) is 0 Å². The van der Waals surface area contributed by atoms with Crippen LogP contribution in [0.3, 0.4) is 0 Å². The summed E-state index contributed by atoms with van der Waals surface area (Å²) in [6.07, 6.45) is 4.15. The molecule has 3 heteroatoms. The van der Waals surface area contributed by atoms with Crippen LogP contribution in [0.2, 0.25) is 0 Å². The molecule has 0 aromatic heterocycles. The topological polar surface area (TPSA) is 18.5 Å². The molecule has 0 aromatic rings. The van der Waals surface area contributed by atoms with Gasteiger partial charge in [0.05, 0.1) is 0 Å². The Kier molecular flexibility index (Phi) is 1.32. The van der Waals surface area contributed by atoms with Crippen molar-refractivity contribution in [2.24, 2.45) is 0 Å². The number of ether oxygens (including phenoxy) is 2. The molecule has 10 heavy (non-hydrogen) atoms. The summed E-state index contributed by atoms with van der Waals surface area (Å²) in [6.45, 7) is 0.195. The van der Waals surface area contributed by atoms with Crippen molar-refractivity contribution in [2.75, 3.05) is 6.79 Å². The maximum absolute atomic E-state index is 12.7. The number of allylic oxidation sites excluding steroid dienone is 2. The molecule has 2 atom stereocenters. The highest BCUT2D eigenvalue weighted by molar-refractivity contribution is 5.22. The second-order valence-electron chi connectivity index (χ2n) is 2.27. The van der Waals surface area contributed by atoms with E-state index in [9.17, 15) is 4.39 Å². The van der Waals surface area contributed by atoms with Gasteiger partial charge < -0.3 is 9.47 Å². The van der Waals surface area contributed by atoms with Crippen molar-refractivity contribution in [3.05, 3.63) is 24.1 Å². The maximum Gasteiger partial charge on any atom is 0.148 e. The van der Waals surface area contributed by atoms with Gasteiger partial charge in [-0.3, -0.25) is 0 Å². The predicted octanol–water partition coefficient (Wildman–Crippen LogP) is 1.15. The number of rotatable bonds is 0. The van der Waals surface area contributed by atoms with Crippen LogP contribution in [0.1, 0.15) is 0 Å². The molecule has 2 nitrogen and oxygen atoms in total. The molecule has 0 saturated carbocycles. The van der Waals surface area contributed by atoms with Gasteiger partial charge in [0.2, 0.25) is 0 Å². The molecule has 1 aliphatic carbocycles. The Balaban J connectivity index is 2.24. The van der Waals surface area contributed by atoms with Crippen molar-refractivity contribution in [3.8, 4) is 0 Å². The fourth-order valence-electron chi connectivity index (χ4n) is 1.12. The zero-order valence-electron chi connectivity index (χ0n) is 5.29. The molecule has 0 spiro atoms. The smallest absolute Gasteiger partial charge is 0.148 e. The summed E-state index contributed by atoms with van der Waals surface area (Å²) >= 11 is 0. The molecule has 2 aliphatic rings. The zero-order valence-corrected chi connectivity index (χ0v) is 5.29. The largest absolute Gasteiger partial charge is 0.345 e. The third-order valence-corrected chi connectivity index (χ3v) is 1.63. The third kappa shape index (κ3) is 0.786. The first-order valence-corrected chi connectivity index (χ1v) is 3.15. The van der Waals surface area contributed by atoms with Gasteiger partial charge >= 0.3 is 0 Å². The van der Waals surface area contributed by atoms with Gasteiger partial charge in [-0.1, -0.05) is 12.2 Å². The average molecular weight is 142 g/mol. The first-order chi connectivity index (χ1) is 4.88. The zero-order chi connectivity index (χ0) is 6.97. The highest BCUT2D eigenvalue weighted by Crippen LogP contribution is 2.25. The van der Waals surface area contributed by atoms with Gasteiger partial charge in [-0.25, -0.2) is 4.39 Å². The Morgan fingerprint density at radius 1 is 1.50 bits per heavy atom. The molecule has 1 heterocycles. The van der Waals surface area contributed by atoms with E-state index >= 15 is 0 Å². The highest BCUT2D eigenvalue weighted by Gasteiger charge is 2.32. The molecule has 0 radical (unpaired) electrons. The van der Waals surface area contributed by atoms with Crippen molar-refractivity contribution in [3.63, 3.8) is 0 Å². The van der Waals surface area contributed by atoms with Crippen LogP contribution >= 0.6 is 0 Å². The third-order valence-electron chi connectivity index (χ3n) is 1.63. The molecule has 0 aromatic carbocycles. The lowest BCUT2D eigenvalue weighted by atomic mass is 10.1. The molecule has 0 amide bonds. The lowest BCUT2D eigenvalue weighted by Crippen LogP contribution is -2.22. The highest BCUT2D eigenvalue weighted by atomic mass is 19.1. The summed E-state index contributed by atoms with van der Waals surface area (Å²) in [6, 6.07) is 0. The SMILES string of the molecule is FC1=CC=CC2OCOC12. The van der Waals surface area contributed by atoms with Crippen LogP contribution in [0, 0.1) is 0 Å². The van der Waals surface area contributed by atoms with E-state index < -0.39 is 6.10 Å². The summed E-state index contributed by atoms with van der Waals surface area (Å²) in [4.78, 5) is 0. The molecule has 54 valence electrons. The molecule has 1 aliphatic heterocycles. The average Bonchev–Trinajstić information content (AvgIpc) is 2.36. The van der Waals surface area contributed by atoms with E-state index in [2.05, 4.69) is 0 Å². The first kappa shape index (κ1) is 6.07. The van der Waals surface area contributed by atoms with Crippen molar-refractivity contribution in [1.29, 1.82) is 0 Å². The minimum Gasteiger partial charge on any atom is -0.345 e. The quantitative estimate of drug-likeness (QED) is 0.505. The molecule has 2 unspecified atom stereocenters. The second kappa shape index (κ2) is 2.18. The molecular weight excluding hydrogens is 135 g/mol. The van der Waals surface area contributed by atoms with Crippen molar-refractivity contribution >= 4 is 0 Å². The number of halogens is 1. The molecule has 0 bridgehead atoms. The Labute approximate surface area is 57.9 Å². The molecule has 0 N–H and O–H groups in total. The van der Waals surface area contributed by atoms with Gasteiger partial charge in [0.25, 0.3) is 0 Å². The number of fused-ring (bicyclic) bond motifs is 1. The number of hydrogen-bond acceptors (Lipinski definition) is 2. The van der Waals surface area contributed by atoms with E-state index in [1.54, 1.807) is 12.2 Å². The first-order valence-electron chi connectivity index (χ1n) is 3.15. The van der Waals surface area contributed by atoms with Crippen LogP contribution in [-0.4, -0.2) is 19.0 Å². The summed E-state index contributed by atoms with van der Waals surface area (Å²) in [5.74, 6) is -0.245. The van der Waals surface area contributed by atoms with Gasteiger partial charge in [0.15, 0.2) is 0 Å². The van der Waals surface area contributed by atoms with E-state index in [1.165, 1.54) is 6.08 Å². The Hall–Kier alpha value is -0.670. The monoisotopic (exact) mass is 142 g/mol. The Bertz CT molecular complexity index is 198. The fourth-order valence-corrected chi connectivity index (χ4v) is 1.12. The van der Waals surface area contributed by atoms with Crippen LogP contribution in [0.5, 0.6) is 0 Å². The number of hydrogen-bond donors (Lipinski definition) is 0. The van der Waals surface area contributed by atoms with E-state index in [1.807, 2.05) is 0 Å². The second-order valence-corrected chi connectivity index (χ2v) is 2.27. The maximum atomic E-state index is 12.7. The van der Waals surface area contributed by atoms with E-state index in [0.29, 0.717) is 0 Å². The lowest BCUT2D eigenvalue weighted by Gasteiger charge is -2.13. The van der Waals surface area contributed by atoms with Crippen LogP contribution in [0.25, 0.3) is 0 Å². The normalized spacial score (nSPS) is 37.5. The summed E-state index contributed by atoms with van der Waals surface area (Å²) in [5.41, 5.74) is 0. The van der Waals surface area contributed by atoms with Crippen molar-refractivity contribution < 1.29 is 13.9 Å². The molecular formula is C7H7FO2. The van der Waals surface area contributed by atoms with Crippen molar-refractivity contribution in [2.45, 2.75) is 12.2 Å². The minimum absolute atomic E-state index is 0.195. The van der Waals surface area contributed by atoms with Crippen LogP contribution in [-0.2, 0) is 9.47 Å². The van der Waals surface area contributed by atoms with Gasteiger partial charge in [0, 0.05) is 0 Å². The minimum atomic E-state index is -0.481. The Morgan fingerprint density at radius 2 is 2.40 bits per heavy atom. The van der Waals surface area contributed by atoms with Gasteiger partial charge in [-0.2, -0.15) is 0 Å². The fraction of sp³-hybridized carbons (Fsp3) is 0.429. The standard InChI is InChI=1S/C7H7FO2/c8-5-2-1-3-6-7(5)10-4-9-6/h1-3,6-7H,4H2.